The van der Waals surface area contributed by atoms with Gasteiger partial charge in [0.25, 0.3) is 0 Å². The third-order valence-corrected chi connectivity index (χ3v) is 3.48. The minimum absolute atomic E-state index is 0.283. The van der Waals surface area contributed by atoms with Gasteiger partial charge in [-0.15, -0.1) is 0 Å². The molecule has 1 fully saturated rings. The van der Waals surface area contributed by atoms with Gasteiger partial charge >= 0.3 is 6.18 Å². The summed E-state index contributed by atoms with van der Waals surface area (Å²) in [5.74, 6) is 0. The van der Waals surface area contributed by atoms with Crippen LogP contribution < -0.4 is 0 Å². The second-order valence-corrected chi connectivity index (χ2v) is 5.64. The highest BCUT2D eigenvalue weighted by atomic mass is 19.4. The van der Waals surface area contributed by atoms with Gasteiger partial charge in [0.2, 0.25) is 0 Å². The Morgan fingerprint density at radius 1 is 1.37 bits per heavy atom. The van der Waals surface area contributed by atoms with Crippen molar-refractivity contribution in [3.63, 3.8) is 0 Å². The Bertz CT molecular complexity index is 400. The van der Waals surface area contributed by atoms with Crippen LogP contribution in [0.25, 0.3) is 0 Å². The van der Waals surface area contributed by atoms with E-state index >= 15 is 0 Å². The molecule has 0 atom stereocenters. The Labute approximate surface area is 110 Å². The molecule has 2 rings (SSSR count). The number of piperazine rings is 1. The van der Waals surface area contributed by atoms with Crippen LogP contribution in [0.1, 0.15) is 19.5 Å². The van der Waals surface area contributed by atoms with Crippen molar-refractivity contribution < 1.29 is 13.2 Å². The zero-order valence-corrected chi connectivity index (χ0v) is 11.2. The van der Waals surface area contributed by atoms with Gasteiger partial charge in [-0.05, 0) is 19.9 Å². The van der Waals surface area contributed by atoms with E-state index in [1.165, 1.54) is 4.90 Å². The lowest BCUT2D eigenvalue weighted by Gasteiger charge is -2.47. The Kier molecular flexibility index (Phi) is 3.87. The molecule has 7 heteroatoms. The molecule has 0 saturated carbocycles. The molecule has 1 aromatic heterocycles. The number of halogens is 3. The van der Waals surface area contributed by atoms with Crippen LogP contribution in [0.15, 0.2) is 12.3 Å². The quantitative estimate of drug-likeness (QED) is 0.915. The molecular formula is C12H19F3N4. The lowest BCUT2D eigenvalue weighted by Crippen LogP contribution is -2.59. The summed E-state index contributed by atoms with van der Waals surface area (Å²) in [6.07, 6.45) is -2.44. The minimum Gasteiger partial charge on any atom is -0.292 e. The first-order valence-electron chi connectivity index (χ1n) is 6.29. The van der Waals surface area contributed by atoms with Crippen LogP contribution in [0, 0.1) is 0 Å². The summed E-state index contributed by atoms with van der Waals surface area (Å²) >= 11 is 0. The van der Waals surface area contributed by atoms with Crippen molar-refractivity contribution >= 4 is 0 Å². The van der Waals surface area contributed by atoms with E-state index in [1.807, 2.05) is 19.9 Å². The maximum Gasteiger partial charge on any atom is 0.401 e. The number of aromatic nitrogens is 2. The minimum atomic E-state index is -4.12. The van der Waals surface area contributed by atoms with Crippen LogP contribution >= 0.6 is 0 Å². The van der Waals surface area contributed by atoms with E-state index in [0.29, 0.717) is 26.2 Å². The number of nitrogens with zero attached hydrogens (tertiary/aromatic N) is 3. The van der Waals surface area contributed by atoms with Crippen LogP contribution in [0.4, 0.5) is 13.2 Å². The summed E-state index contributed by atoms with van der Waals surface area (Å²) in [4.78, 5) is 3.66. The third-order valence-electron chi connectivity index (χ3n) is 3.48. The number of hydrogen-bond acceptors (Lipinski definition) is 3. The fourth-order valence-electron chi connectivity index (χ4n) is 2.55. The average Bonchev–Trinajstić information content (AvgIpc) is 2.71. The smallest absolute Gasteiger partial charge is 0.292 e. The maximum absolute atomic E-state index is 12.4. The molecule has 1 N–H and O–H groups in total. The standard InChI is InChI=1S/C12H19F3N4/c1-11(2)8-18(9-12(13,14)15)5-6-19(11)7-10-3-4-16-17-10/h3-4H,5-9H2,1-2H3,(H,16,17). The van der Waals surface area contributed by atoms with Crippen LogP contribution in [0.3, 0.4) is 0 Å². The van der Waals surface area contributed by atoms with E-state index < -0.39 is 12.7 Å². The van der Waals surface area contributed by atoms with Gasteiger partial charge in [-0.2, -0.15) is 18.3 Å². The van der Waals surface area contributed by atoms with Crippen molar-refractivity contribution in [2.45, 2.75) is 32.1 Å². The van der Waals surface area contributed by atoms with E-state index in [9.17, 15) is 13.2 Å². The Morgan fingerprint density at radius 3 is 2.63 bits per heavy atom. The second kappa shape index (κ2) is 5.13. The van der Waals surface area contributed by atoms with Gasteiger partial charge in [-0.3, -0.25) is 14.9 Å². The predicted molar refractivity (Wildman–Crippen MR) is 65.6 cm³/mol. The first kappa shape index (κ1) is 14.3. The average molecular weight is 276 g/mol. The third kappa shape index (κ3) is 3.94. The number of hydrogen-bond donors (Lipinski definition) is 1. The number of alkyl halides is 3. The first-order chi connectivity index (χ1) is 8.76. The summed E-state index contributed by atoms with van der Waals surface area (Å²) < 4.78 is 37.3. The number of rotatable bonds is 3. The molecule has 0 bridgehead atoms. The molecule has 19 heavy (non-hydrogen) atoms. The SMILES string of the molecule is CC1(C)CN(CC(F)(F)F)CCN1Cc1ccn[nH]1. The molecule has 108 valence electrons. The molecule has 0 aromatic carbocycles. The normalized spacial score (nSPS) is 21.7. The van der Waals surface area contributed by atoms with Gasteiger partial charge in [0.15, 0.2) is 0 Å². The van der Waals surface area contributed by atoms with Crippen LogP contribution in [0.2, 0.25) is 0 Å². The molecule has 4 nitrogen and oxygen atoms in total. The topological polar surface area (TPSA) is 35.2 Å². The van der Waals surface area contributed by atoms with E-state index in [2.05, 4.69) is 15.1 Å². The van der Waals surface area contributed by atoms with Gasteiger partial charge in [0.05, 0.1) is 6.54 Å². The van der Waals surface area contributed by atoms with E-state index in [1.54, 1.807) is 6.20 Å². The van der Waals surface area contributed by atoms with E-state index in [4.69, 9.17) is 0 Å². The summed E-state index contributed by atoms with van der Waals surface area (Å²) in [5, 5.41) is 6.77. The monoisotopic (exact) mass is 276 g/mol. The molecule has 1 aliphatic heterocycles. The number of nitrogens with one attached hydrogen (secondary N) is 1. The number of aromatic amines is 1. The van der Waals surface area contributed by atoms with Crippen LogP contribution in [-0.2, 0) is 6.54 Å². The summed E-state index contributed by atoms with van der Waals surface area (Å²) in [5.41, 5.74) is 0.701. The van der Waals surface area contributed by atoms with Gasteiger partial charge in [-0.25, -0.2) is 0 Å². The van der Waals surface area contributed by atoms with Crippen LogP contribution in [-0.4, -0.2) is 57.9 Å². The summed E-state index contributed by atoms with van der Waals surface area (Å²) in [7, 11) is 0. The molecule has 2 heterocycles. The van der Waals surface area contributed by atoms with Crippen molar-refractivity contribution in [2.75, 3.05) is 26.2 Å². The van der Waals surface area contributed by atoms with Crippen LogP contribution in [0.5, 0.6) is 0 Å². The maximum atomic E-state index is 12.4. The Hall–Kier alpha value is -1.08. The number of H-pyrrole nitrogens is 1. The Balaban J connectivity index is 1.96. The predicted octanol–water partition coefficient (Wildman–Crippen LogP) is 1.87. The first-order valence-corrected chi connectivity index (χ1v) is 6.29. The molecule has 1 aromatic rings. The van der Waals surface area contributed by atoms with Crippen molar-refractivity contribution in [1.29, 1.82) is 0 Å². The van der Waals surface area contributed by atoms with Gasteiger partial charge < -0.3 is 0 Å². The van der Waals surface area contributed by atoms with E-state index in [-0.39, 0.29) is 5.54 Å². The molecule has 0 radical (unpaired) electrons. The van der Waals surface area contributed by atoms with Gasteiger partial charge in [0, 0.05) is 43.6 Å². The highest BCUT2D eigenvalue weighted by Gasteiger charge is 2.38. The lowest BCUT2D eigenvalue weighted by molar-refractivity contribution is -0.155. The van der Waals surface area contributed by atoms with Gasteiger partial charge in [0.1, 0.15) is 0 Å². The molecule has 1 aliphatic rings. The van der Waals surface area contributed by atoms with Crippen molar-refractivity contribution in [3.05, 3.63) is 18.0 Å². The van der Waals surface area contributed by atoms with Crippen molar-refractivity contribution in [1.82, 2.24) is 20.0 Å². The second-order valence-electron chi connectivity index (χ2n) is 5.64. The van der Waals surface area contributed by atoms with Crippen molar-refractivity contribution in [3.8, 4) is 0 Å². The molecule has 0 aliphatic carbocycles. The van der Waals surface area contributed by atoms with E-state index in [0.717, 1.165) is 5.69 Å². The molecule has 0 spiro atoms. The highest BCUT2D eigenvalue weighted by Crippen LogP contribution is 2.25. The molecule has 1 saturated heterocycles. The molecule has 0 unspecified atom stereocenters. The van der Waals surface area contributed by atoms with Crippen molar-refractivity contribution in [2.24, 2.45) is 0 Å². The highest BCUT2D eigenvalue weighted by molar-refractivity contribution is 5.00. The largest absolute Gasteiger partial charge is 0.401 e. The Morgan fingerprint density at radius 2 is 2.11 bits per heavy atom. The van der Waals surface area contributed by atoms with Gasteiger partial charge in [-0.1, -0.05) is 0 Å². The zero-order valence-electron chi connectivity index (χ0n) is 11.2. The lowest BCUT2D eigenvalue weighted by atomic mass is 9.98. The summed E-state index contributed by atoms with van der Waals surface area (Å²) in [6, 6.07) is 1.89. The molecule has 0 amide bonds. The summed E-state index contributed by atoms with van der Waals surface area (Å²) in [6.45, 7) is 5.30. The molecular weight excluding hydrogens is 257 g/mol. The fourth-order valence-corrected chi connectivity index (χ4v) is 2.55. The zero-order chi connectivity index (χ0) is 14.1. The fraction of sp³-hybridized carbons (Fsp3) is 0.750.